The van der Waals surface area contributed by atoms with Crippen molar-refractivity contribution in [2.75, 3.05) is 6.54 Å². The fraction of sp³-hybridized carbons (Fsp3) is 0.192. The van der Waals surface area contributed by atoms with Crippen molar-refractivity contribution in [2.45, 2.75) is 19.9 Å². The second-order valence-electron chi connectivity index (χ2n) is 8.00. The molecule has 7 heteroatoms. The van der Waals surface area contributed by atoms with Gasteiger partial charge < -0.3 is 19.8 Å². The molecule has 0 fully saturated rings. The highest BCUT2D eigenvalue weighted by atomic mass is 16.2. The number of para-hydroxylation sites is 1. The van der Waals surface area contributed by atoms with Crippen LogP contribution in [-0.4, -0.2) is 32.5 Å². The number of imidazole rings is 1. The Labute approximate surface area is 192 Å². The van der Waals surface area contributed by atoms with Crippen LogP contribution in [0.2, 0.25) is 0 Å². The van der Waals surface area contributed by atoms with E-state index in [1.165, 1.54) is 0 Å². The summed E-state index contributed by atoms with van der Waals surface area (Å²) in [5.41, 5.74) is 3.68. The lowest BCUT2D eigenvalue weighted by atomic mass is 10.1. The van der Waals surface area contributed by atoms with Crippen LogP contribution in [0.3, 0.4) is 0 Å². The molecule has 0 bridgehead atoms. The SMILES string of the molecule is Cc1ccc(C(=O)N/C(=C\c2cn(C)c3ccccc23)C(=O)NCCCn2ccnc2)cc1. The van der Waals surface area contributed by atoms with Gasteiger partial charge in [0, 0.05) is 60.8 Å². The molecule has 2 heterocycles. The zero-order valence-electron chi connectivity index (χ0n) is 18.8. The molecule has 0 radical (unpaired) electrons. The second-order valence-corrected chi connectivity index (χ2v) is 8.00. The number of benzene rings is 2. The molecule has 168 valence electrons. The van der Waals surface area contributed by atoms with E-state index in [4.69, 9.17) is 0 Å². The zero-order valence-corrected chi connectivity index (χ0v) is 18.8. The number of aromatic nitrogens is 3. The smallest absolute Gasteiger partial charge is 0.267 e. The van der Waals surface area contributed by atoms with Crippen LogP contribution < -0.4 is 10.6 Å². The average molecular weight is 442 g/mol. The molecule has 2 aromatic heterocycles. The van der Waals surface area contributed by atoms with Gasteiger partial charge in [0.15, 0.2) is 0 Å². The van der Waals surface area contributed by atoms with E-state index in [9.17, 15) is 9.59 Å². The molecule has 2 amide bonds. The molecule has 0 spiro atoms. The number of carbonyl (C=O) groups is 2. The summed E-state index contributed by atoms with van der Waals surface area (Å²) in [6, 6.07) is 15.2. The van der Waals surface area contributed by atoms with E-state index >= 15 is 0 Å². The summed E-state index contributed by atoms with van der Waals surface area (Å²) in [6.07, 6.45) is 9.79. The lowest BCUT2D eigenvalue weighted by Gasteiger charge is -2.11. The molecule has 0 aliphatic carbocycles. The summed E-state index contributed by atoms with van der Waals surface area (Å²) >= 11 is 0. The maximum Gasteiger partial charge on any atom is 0.267 e. The van der Waals surface area contributed by atoms with Crippen LogP contribution in [0.1, 0.15) is 27.9 Å². The summed E-state index contributed by atoms with van der Waals surface area (Å²) in [6.45, 7) is 3.19. The van der Waals surface area contributed by atoms with E-state index in [0.717, 1.165) is 35.0 Å². The Hall–Kier alpha value is -4.13. The summed E-state index contributed by atoms with van der Waals surface area (Å²) in [4.78, 5) is 29.9. The van der Waals surface area contributed by atoms with Crippen molar-refractivity contribution in [3.63, 3.8) is 0 Å². The maximum absolute atomic E-state index is 13.1. The highest BCUT2D eigenvalue weighted by Gasteiger charge is 2.16. The van der Waals surface area contributed by atoms with E-state index in [1.807, 2.05) is 71.9 Å². The van der Waals surface area contributed by atoms with Gasteiger partial charge in [0.25, 0.3) is 11.8 Å². The minimum atomic E-state index is -0.325. The first kappa shape index (κ1) is 22.1. The van der Waals surface area contributed by atoms with Gasteiger partial charge in [-0.3, -0.25) is 9.59 Å². The Morgan fingerprint density at radius 1 is 1.09 bits per heavy atom. The monoisotopic (exact) mass is 441 g/mol. The van der Waals surface area contributed by atoms with Gasteiger partial charge in [-0.1, -0.05) is 35.9 Å². The van der Waals surface area contributed by atoms with Gasteiger partial charge >= 0.3 is 0 Å². The summed E-state index contributed by atoms with van der Waals surface area (Å²) in [5, 5.41) is 6.75. The van der Waals surface area contributed by atoms with Crippen molar-refractivity contribution in [3.8, 4) is 0 Å². The molecule has 0 atom stereocenters. The van der Waals surface area contributed by atoms with E-state index in [-0.39, 0.29) is 17.5 Å². The molecule has 0 aliphatic rings. The van der Waals surface area contributed by atoms with Crippen molar-refractivity contribution in [1.29, 1.82) is 0 Å². The minimum absolute atomic E-state index is 0.208. The van der Waals surface area contributed by atoms with Gasteiger partial charge in [0.1, 0.15) is 5.70 Å². The highest BCUT2D eigenvalue weighted by molar-refractivity contribution is 6.06. The van der Waals surface area contributed by atoms with Gasteiger partial charge in [-0.05, 0) is 37.6 Å². The lowest BCUT2D eigenvalue weighted by Crippen LogP contribution is -2.35. The minimum Gasteiger partial charge on any atom is -0.351 e. The number of nitrogens with zero attached hydrogens (tertiary/aromatic N) is 3. The second kappa shape index (κ2) is 9.99. The Balaban J connectivity index is 1.55. The van der Waals surface area contributed by atoms with Crippen LogP contribution in [0.25, 0.3) is 17.0 Å². The summed E-state index contributed by atoms with van der Waals surface area (Å²) in [7, 11) is 1.96. The Kier molecular flexibility index (Phi) is 6.69. The van der Waals surface area contributed by atoms with Crippen molar-refractivity contribution < 1.29 is 9.59 Å². The molecule has 0 saturated heterocycles. The average Bonchev–Trinajstić information content (AvgIpc) is 3.45. The van der Waals surface area contributed by atoms with Crippen LogP contribution in [0.15, 0.2) is 79.1 Å². The highest BCUT2D eigenvalue weighted by Crippen LogP contribution is 2.22. The fourth-order valence-electron chi connectivity index (χ4n) is 3.68. The molecule has 2 aromatic carbocycles. The number of hydrogen-bond donors (Lipinski definition) is 2. The topological polar surface area (TPSA) is 81.0 Å². The van der Waals surface area contributed by atoms with Crippen LogP contribution in [-0.2, 0) is 18.4 Å². The molecule has 0 aliphatic heterocycles. The third-order valence-electron chi connectivity index (χ3n) is 5.47. The van der Waals surface area contributed by atoms with Gasteiger partial charge in [0.2, 0.25) is 0 Å². The number of rotatable bonds is 8. The largest absolute Gasteiger partial charge is 0.351 e. The van der Waals surface area contributed by atoms with Crippen LogP contribution in [0.4, 0.5) is 0 Å². The quantitative estimate of drug-likeness (QED) is 0.323. The van der Waals surface area contributed by atoms with E-state index in [0.29, 0.717) is 12.1 Å². The van der Waals surface area contributed by atoms with Gasteiger partial charge in [-0.15, -0.1) is 0 Å². The molecule has 2 N–H and O–H groups in total. The van der Waals surface area contributed by atoms with Crippen molar-refractivity contribution in [3.05, 3.63) is 95.8 Å². The maximum atomic E-state index is 13.1. The molecule has 4 aromatic rings. The fourth-order valence-corrected chi connectivity index (χ4v) is 3.68. The van der Waals surface area contributed by atoms with E-state index < -0.39 is 0 Å². The van der Waals surface area contributed by atoms with E-state index in [1.54, 1.807) is 30.7 Å². The van der Waals surface area contributed by atoms with Crippen LogP contribution in [0.5, 0.6) is 0 Å². The number of nitrogens with one attached hydrogen (secondary N) is 2. The van der Waals surface area contributed by atoms with Gasteiger partial charge in [-0.25, -0.2) is 4.98 Å². The molecule has 33 heavy (non-hydrogen) atoms. The summed E-state index contributed by atoms with van der Waals surface area (Å²) < 4.78 is 3.96. The Bertz CT molecular complexity index is 1280. The van der Waals surface area contributed by atoms with Crippen molar-refractivity contribution in [1.82, 2.24) is 24.8 Å². The number of aryl methyl sites for hydroxylation is 3. The first-order chi connectivity index (χ1) is 16.0. The first-order valence-corrected chi connectivity index (χ1v) is 10.9. The van der Waals surface area contributed by atoms with Gasteiger partial charge in [0.05, 0.1) is 6.33 Å². The number of hydrogen-bond acceptors (Lipinski definition) is 3. The van der Waals surface area contributed by atoms with Crippen LogP contribution in [0, 0.1) is 6.92 Å². The van der Waals surface area contributed by atoms with E-state index in [2.05, 4.69) is 15.6 Å². The normalized spacial score (nSPS) is 11.5. The molecule has 7 nitrogen and oxygen atoms in total. The van der Waals surface area contributed by atoms with Crippen LogP contribution >= 0.6 is 0 Å². The standard InChI is InChI=1S/C26H27N5O2/c1-19-8-10-20(11-9-19)25(32)29-23(26(33)28-12-5-14-31-15-13-27-18-31)16-21-17-30(2)24-7-4-3-6-22(21)24/h3-4,6-11,13,15-18H,5,12,14H2,1-2H3,(H,28,33)(H,29,32)/b23-16-. The first-order valence-electron chi connectivity index (χ1n) is 10.9. The molecule has 4 rings (SSSR count). The third kappa shape index (κ3) is 5.38. The predicted octanol–water partition coefficient (Wildman–Crippen LogP) is 3.66. The van der Waals surface area contributed by atoms with Crippen molar-refractivity contribution in [2.24, 2.45) is 7.05 Å². The predicted molar refractivity (Wildman–Crippen MR) is 129 cm³/mol. The zero-order chi connectivity index (χ0) is 23.2. The molecule has 0 unspecified atom stereocenters. The molecular formula is C26H27N5O2. The summed E-state index contributed by atoms with van der Waals surface area (Å²) in [5.74, 6) is -0.649. The number of fused-ring (bicyclic) bond motifs is 1. The lowest BCUT2D eigenvalue weighted by molar-refractivity contribution is -0.117. The molecular weight excluding hydrogens is 414 g/mol. The Morgan fingerprint density at radius 2 is 1.88 bits per heavy atom. The Morgan fingerprint density at radius 3 is 2.64 bits per heavy atom. The number of carbonyl (C=O) groups excluding carboxylic acids is 2. The van der Waals surface area contributed by atoms with Crippen molar-refractivity contribution >= 4 is 28.8 Å². The van der Waals surface area contributed by atoms with Gasteiger partial charge in [-0.2, -0.15) is 0 Å². The third-order valence-corrected chi connectivity index (χ3v) is 5.47. The number of amides is 2. The molecule has 0 saturated carbocycles.